The minimum Gasteiger partial charge on any atom is -0.488 e. The number of allylic oxidation sites excluding steroid dienone is 1. The predicted molar refractivity (Wildman–Crippen MR) is 43.3 cm³/mol. The summed E-state index contributed by atoms with van der Waals surface area (Å²) in [6.45, 7) is 4.77. The van der Waals surface area contributed by atoms with E-state index in [4.69, 9.17) is 10.7 Å². The maximum absolute atomic E-state index is 9.30. The van der Waals surface area contributed by atoms with Crippen molar-refractivity contribution in [3.05, 3.63) is 16.6 Å². The molecule has 0 atom stereocenters. The van der Waals surface area contributed by atoms with Crippen molar-refractivity contribution in [3.63, 3.8) is 0 Å². The number of nitrogens with zero attached hydrogens (tertiary/aromatic N) is 4. The molecule has 0 amide bonds. The Morgan fingerprint density at radius 1 is 1.50 bits per heavy atom. The average Bonchev–Trinajstić information content (AvgIpc) is 2.09. The van der Waals surface area contributed by atoms with Gasteiger partial charge >= 0.3 is 5.70 Å². The van der Waals surface area contributed by atoms with Gasteiger partial charge in [0.25, 0.3) is 5.88 Å². The molecule has 0 saturated heterocycles. The van der Waals surface area contributed by atoms with E-state index in [2.05, 4.69) is 4.98 Å². The largest absolute Gasteiger partial charge is 0.519 e. The predicted octanol–water partition coefficient (Wildman–Crippen LogP) is 1.43. The van der Waals surface area contributed by atoms with Crippen molar-refractivity contribution >= 4 is 0 Å². The van der Waals surface area contributed by atoms with Crippen LogP contribution in [0.25, 0.3) is 4.98 Å². The highest BCUT2D eigenvalue weighted by Gasteiger charge is 2.21. The molecule has 0 aliphatic carbocycles. The van der Waals surface area contributed by atoms with Crippen LogP contribution in [0.1, 0.15) is 13.8 Å². The molecule has 0 saturated carbocycles. The maximum atomic E-state index is 9.30. The molecule has 5 heteroatoms. The van der Waals surface area contributed by atoms with Crippen molar-refractivity contribution in [2.75, 3.05) is 13.1 Å². The third-order valence-electron chi connectivity index (χ3n) is 1.48. The summed E-state index contributed by atoms with van der Waals surface area (Å²) in [5.74, 6) is -0.287. The van der Waals surface area contributed by atoms with E-state index < -0.39 is 0 Å². The van der Waals surface area contributed by atoms with Crippen molar-refractivity contribution in [2.24, 2.45) is 0 Å². The maximum Gasteiger partial charge on any atom is 0.519 e. The van der Waals surface area contributed by atoms with Crippen LogP contribution in [-0.2, 0) is 0 Å². The standard InChI is InChI=1S/C7H10N4O/c1-3-11(4-2)7(12)6(5-8)10-9/h3-4H2,1-2H3/p+1/b7-6-. The average molecular weight is 167 g/mol. The third kappa shape index (κ3) is 2.14. The number of nitriles is 1. The summed E-state index contributed by atoms with van der Waals surface area (Å²) in [5, 5.41) is 26.0. The molecule has 0 bridgehead atoms. The number of hydrogen-bond acceptors (Lipinski definition) is 4. The van der Waals surface area contributed by atoms with E-state index in [1.807, 2.05) is 13.8 Å². The second-order valence-electron chi connectivity index (χ2n) is 2.06. The lowest BCUT2D eigenvalue weighted by atomic mass is 10.4. The van der Waals surface area contributed by atoms with E-state index in [1.54, 1.807) is 6.07 Å². The first-order valence-electron chi connectivity index (χ1n) is 3.64. The number of aliphatic hydroxyl groups is 1. The Bertz CT molecular complexity index is 238. The molecule has 0 aromatic rings. The van der Waals surface area contributed by atoms with E-state index >= 15 is 0 Å². The molecular formula is C7H11N4O+. The quantitative estimate of drug-likeness (QED) is 0.392. The van der Waals surface area contributed by atoms with Crippen LogP contribution in [0, 0.1) is 16.7 Å². The van der Waals surface area contributed by atoms with Crippen LogP contribution in [0.4, 0.5) is 0 Å². The molecule has 0 unspecified atom stereocenters. The van der Waals surface area contributed by atoms with Crippen molar-refractivity contribution in [2.45, 2.75) is 13.8 Å². The highest BCUT2D eigenvalue weighted by atomic mass is 16.3. The molecule has 5 nitrogen and oxygen atoms in total. The van der Waals surface area contributed by atoms with Crippen molar-refractivity contribution in [1.29, 1.82) is 10.7 Å². The zero-order chi connectivity index (χ0) is 9.56. The van der Waals surface area contributed by atoms with Gasteiger partial charge in [0.15, 0.2) is 4.98 Å². The minimum atomic E-state index is -0.362. The van der Waals surface area contributed by atoms with Crippen LogP contribution >= 0.6 is 0 Å². The summed E-state index contributed by atoms with van der Waals surface area (Å²) in [7, 11) is 0. The number of hydrogen-bond donors (Lipinski definition) is 1. The van der Waals surface area contributed by atoms with Crippen molar-refractivity contribution in [1.82, 2.24) is 4.90 Å². The van der Waals surface area contributed by atoms with Gasteiger partial charge in [-0.15, -0.1) is 0 Å². The lowest BCUT2D eigenvalue weighted by molar-refractivity contribution is 0.213. The van der Waals surface area contributed by atoms with E-state index in [0.29, 0.717) is 13.1 Å². The zero-order valence-electron chi connectivity index (χ0n) is 7.15. The Morgan fingerprint density at radius 3 is 2.25 bits per heavy atom. The normalized spacial score (nSPS) is 11.0. The fraction of sp³-hybridized carbons (Fsp3) is 0.571. The lowest BCUT2D eigenvalue weighted by Gasteiger charge is -2.15. The van der Waals surface area contributed by atoms with Gasteiger partial charge in [-0.05, 0) is 13.8 Å². The molecule has 0 aromatic carbocycles. The Morgan fingerprint density at radius 2 is 2.00 bits per heavy atom. The molecule has 0 spiro atoms. The molecule has 1 N–H and O–H groups in total. The second-order valence-corrected chi connectivity index (χ2v) is 2.06. The molecule has 0 rings (SSSR count). The molecule has 0 aromatic heterocycles. The fourth-order valence-corrected chi connectivity index (χ4v) is 0.790. The summed E-state index contributed by atoms with van der Waals surface area (Å²) >= 11 is 0. The molecule has 0 aliphatic rings. The molecule has 0 aliphatic heterocycles. The van der Waals surface area contributed by atoms with E-state index in [9.17, 15) is 5.11 Å². The Kier molecular flexibility index (Phi) is 4.25. The van der Waals surface area contributed by atoms with Crippen molar-refractivity contribution < 1.29 is 5.11 Å². The van der Waals surface area contributed by atoms with Gasteiger partial charge in [0, 0.05) is 13.1 Å². The Labute approximate surface area is 71.1 Å². The van der Waals surface area contributed by atoms with Crippen molar-refractivity contribution in [3.8, 4) is 6.07 Å². The van der Waals surface area contributed by atoms with Gasteiger partial charge in [-0.1, -0.05) is 0 Å². The molecule has 0 heterocycles. The SMILES string of the molecule is CCN(CC)/C(O)=C(\C#N)[N+]#N. The van der Waals surface area contributed by atoms with Gasteiger partial charge in [0.05, 0.1) is 0 Å². The monoisotopic (exact) mass is 167 g/mol. The summed E-state index contributed by atoms with van der Waals surface area (Å²) in [4.78, 5) is 4.16. The lowest BCUT2D eigenvalue weighted by Crippen LogP contribution is -2.22. The van der Waals surface area contributed by atoms with Crippen LogP contribution in [0.5, 0.6) is 0 Å². The van der Waals surface area contributed by atoms with Gasteiger partial charge in [0.1, 0.15) is 0 Å². The van der Waals surface area contributed by atoms with Gasteiger partial charge < -0.3 is 10.0 Å². The third-order valence-corrected chi connectivity index (χ3v) is 1.48. The Balaban J connectivity index is 4.77. The fourth-order valence-electron chi connectivity index (χ4n) is 0.790. The second kappa shape index (κ2) is 4.97. The van der Waals surface area contributed by atoms with E-state index in [0.717, 1.165) is 0 Å². The van der Waals surface area contributed by atoms with Crippen LogP contribution in [0.3, 0.4) is 0 Å². The minimum absolute atomic E-state index is 0.287. The summed E-state index contributed by atoms with van der Waals surface area (Å²) < 4.78 is 0. The van der Waals surface area contributed by atoms with Crippen LogP contribution in [-0.4, -0.2) is 23.1 Å². The van der Waals surface area contributed by atoms with Gasteiger partial charge in [-0.2, -0.15) is 5.26 Å². The van der Waals surface area contributed by atoms with Crippen LogP contribution < -0.4 is 0 Å². The van der Waals surface area contributed by atoms with Gasteiger partial charge in [0.2, 0.25) is 11.5 Å². The molecule has 64 valence electrons. The molecule has 0 radical (unpaired) electrons. The smallest absolute Gasteiger partial charge is 0.488 e. The summed E-state index contributed by atoms with van der Waals surface area (Å²) in [6.07, 6.45) is 0. The van der Waals surface area contributed by atoms with Gasteiger partial charge in [-0.3, -0.25) is 0 Å². The first kappa shape index (κ1) is 10.2. The number of diazo groups is 1. The highest BCUT2D eigenvalue weighted by molar-refractivity contribution is 5.28. The van der Waals surface area contributed by atoms with Crippen LogP contribution in [0.2, 0.25) is 0 Å². The molecule has 0 fully saturated rings. The molecular weight excluding hydrogens is 156 g/mol. The first-order chi connectivity index (χ1) is 5.71. The summed E-state index contributed by atoms with van der Waals surface area (Å²) in [5.41, 5.74) is -0.362. The zero-order valence-corrected chi connectivity index (χ0v) is 7.15. The highest BCUT2D eigenvalue weighted by Crippen LogP contribution is 2.06. The Hall–Kier alpha value is -1.75. The topological polar surface area (TPSA) is 75.4 Å². The van der Waals surface area contributed by atoms with Gasteiger partial charge in [-0.25, -0.2) is 0 Å². The van der Waals surface area contributed by atoms with Crippen LogP contribution in [0.15, 0.2) is 11.6 Å². The van der Waals surface area contributed by atoms with E-state index in [1.165, 1.54) is 4.90 Å². The number of rotatable bonds is 3. The first-order valence-corrected chi connectivity index (χ1v) is 3.64. The summed E-state index contributed by atoms with van der Waals surface area (Å²) in [6, 6.07) is 1.57. The van der Waals surface area contributed by atoms with E-state index in [-0.39, 0.29) is 11.6 Å². The molecule has 12 heavy (non-hydrogen) atoms. The number of aliphatic hydroxyl groups excluding tert-OH is 1.